The van der Waals surface area contributed by atoms with Crippen LogP contribution in [0.4, 0.5) is 4.39 Å². The van der Waals surface area contributed by atoms with Gasteiger partial charge in [0.2, 0.25) is 0 Å². The fourth-order valence-corrected chi connectivity index (χ4v) is 1.53. The molecule has 1 rings (SSSR count). The predicted molar refractivity (Wildman–Crippen MR) is 55.5 cm³/mol. The van der Waals surface area contributed by atoms with E-state index in [9.17, 15) is 4.39 Å². The molecule has 1 heterocycles. The van der Waals surface area contributed by atoms with Crippen molar-refractivity contribution in [2.45, 2.75) is 32.2 Å². The van der Waals surface area contributed by atoms with E-state index < -0.39 is 0 Å². The molecule has 78 valence electrons. The zero-order chi connectivity index (χ0) is 10.4. The van der Waals surface area contributed by atoms with Gasteiger partial charge in [-0.25, -0.2) is 4.39 Å². The van der Waals surface area contributed by atoms with Crippen LogP contribution >= 0.6 is 0 Å². The largest absolute Gasteiger partial charge is 0.313 e. The summed E-state index contributed by atoms with van der Waals surface area (Å²) in [6.45, 7) is 2.13. The lowest BCUT2D eigenvalue weighted by atomic mass is 10.0. The van der Waals surface area contributed by atoms with Gasteiger partial charge in [0.25, 0.3) is 0 Å². The average molecular weight is 196 g/mol. The molecule has 14 heavy (non-hydrogen) atoms. The van der Waals surface area contributed by atoms with Gasteiger partial charge in [0.05, 0.1) is 6.20 Å². The Kier molecular flexibility index (Phi) is 4.53. The molecule has 0 amide bonds. The zero-order valence-corrected chi connectivity index (χ0v) is 8.76. The molecular weight excluding hydrogens is 179 g/mol. The zero-order valence-electron chi connectivity index (χ0n) is 8.76. The first-order valence-corrected chi connectivity index (χ1v) is 5.06. The van der Waals surface area contributed by atoms with Crippen molar-refractivity contribution in [1.82, 2.24) is 10.3 Å². The van der Waals surface area contributed by atoms with Crippen molar-refractivity contribution in [3.8, 4) is 0 Å². The first-order chi connectivity index (χ1) is 6.79. The van der Waals surface area contributed by atoms with Crippen molar-refractivity contribution in [1.29, 1.82) is 0 Å². The van der Waals surface area contributed by atoms with Gasteiger partial charge in [-0.05, 0) is 19.5 Å². The molecule has 0 aromatic carbocycles. The van der Waals surface area contributed by atoms with Crippen molar-refractivity contribution in [3.05, 3.63) is 29.8 Å². The van der Waals surface area contributed by atoms with Crippen molar-refractivity contribution in [2.24, 2.45) is 0 Å². The van der Waals surface area contributed by atoms with Gasteiger partial charge in [-0.2, -0.15) is 0 Å². The van der Waals surface area contributed by atoms with E-state index in [1.54, 1.807) is 12.3 Å². The summed E-state index contributed by atoms with van der Waals surface area (Å²) in [6.07, 6.45) is 6.10. The number of nitrogens with zero attached hydrogens (tertiary/aromatic N) is 1. The summed E-state index contributed by atoms with van der Waals surface area (Å²) in [6, 6.07) is 1.85. The molecule has 0 spiro atoms. The fraction of sp³-hybridized carbons (Fsp3) is 0.545. The smallest absolute Gasteiger partial charge is 0.146 e. The first-order valence-electron chi connectivity index (χ1n) is 5.06. The number of unbranched alkanes of at least 4 members (excludes halogenated alkanes) is 1. The number of hydrogen-bond acceptors (Lipinski definition) is 2. The molecule has 0 saturated heterocycles. The minimum atomic E-state index is -0.219. The number of halogens is 1. The highest BCUT2D eigenvalue weighted by molar-refractivity contribution is 5.17. The Morgan fingerprint density at radius 3 is 2.93 bits per heavy atom. The van der Waals surface area contributed by atoms with Crippen LogP contribution in [-0.4, -0.2) is 12.0 Å². The van der Waals surface area contributed by atoms with Crippen LogP contribution < -0.4 is 5.32 Å². The molecule has 1 atom stereocenters. The number of nitrogens with one attached hydrogen (secondary N) is 1. The van der Waals surface area contributed by atoms with Gasteiger partial charge in [-0.15, -0.1) is 0 Å². The fourth-order valence-electron chi connectivity index (χ4n) is 1.53. The standard InChI is InChI=1S/C11H17FN2/c1-3-4-5-11(13-2)9-6-7-14-8-10(9)12/h6-8,11,13H,3-5H2,1-2H3. The monoisotopic (exact) mass is 196 g/mol. The van der Waals surface area contributed by atoms with Crippen LogP contribution in [0.15, 0.2) is 18.5 Å². The molecule has 1 aromatic rings. The van der Waals surface area contributed by atoms with Crippen molar-refractivity contribution in [2.75, 3.05) is 7.05 Å². The Morgan fingerprint density at radius 2 is 2.36 bits per heavy atom. The summed E-state index contributed by atoms with van der Waals surface area (Å²) in [5.74, 6) is -0.219. The maximum absolute atomic E-state index is 13.4. The van der Waals surface area contributed by atoms with E-state index in [0.717, 1.165) is 24.8 Å². The van der Waals surface area contributed by atoms with Gasteiger partial charge < -0.3 is 5.32 Å². The molecule has 0 aliphatic heterocycles. The van der Waals surface area contributed by atoms with Crippen LogP contribution in [0, 0.1) is 5.82 Å². The average Bonchev–Trinajstić information content (AvgIpc) is 2.21. The lowest BCUT2D eigenvalue weighted by Gasteiger charge is -2.16. The van der Waals surface area contributed by atoms with Gasteiger partial charge in [0.15, 0.2) is 0 Å². The Labute approximate surface area is 84.6 Å². The van der Waals surface area contributed by atoms with Crippen LogP contribution in [0.1, 0.15) is 37.8 Å². The lowest BCUT2D eigenvalue weighted by molar-refractivity contribution is 0.490. The molecule has 0 radical (unpaired) electrons. The van der Waals surface area contributed by atoms with E-state index in [4.69, 9.17) is 0 Å². The second-order valence-corrected chi connectivity index (χ2v) is 3.38. The van der Waals surface area contributed by atoms with Gasteiger partial charge in [-0.3, -0.25) is 4.98 Å². The maximum Gasteiger partial charge on any atom is 0.146 e. The summed E-state index contributed by atoms with van der Waals surface area (Å²) >= 11 is 0. The Morgan fingerprint density at radius 1 is 1.57 bits per heavy atom. The van der Waals surface area contributed by atoms with Crippen LogP contribution in [0.3, 0.4) is 0 Å². The third kappa shape index (κ3) is 2.77. The molecule has 3 heteroatoms. The third-order valence-corrected chi connectivity index (χ3v) is 2.37. The molecule has 1 N–H and O–H groups in total. The Balaban J connectivity index is 2.73. The minimum Gasteiger partial charge on any atom is -0.313 e. The van der Waals surface area contributed by atoms with Gasteiger partial charge >= 0.3 is 0 Å². The van der Waals surface area contributed by atoms with E-state index in [1.807, 2.05) is 7.05 Å². The third-order valence-electron chi connectivity index (χ3n) is 2.37. The van der Waals surface area contributed by atoms with E-state index in [1.165, 1.54) is 6.20 Å². The van der Waals surface area contributed by atoms with E-state index in [2.05, 4.69) is 17.2 Å². The number of rotatable bonds is 5. The SMILES string of the molecule is CCCCC(NC)c1ccncc1F. The molecule has 2 nitrogen and oxygen atoms in total. The Hall–Kier alpha value is -0.960. The minimum absolute atomic E-state index is 0.109. The second kappa shape index (κ2) is 5.70. The number of aromatic nitrogens is 1. The number of hydrogen-bond donors (Lipinski definition) is 1. The van der Waals surface area contributed by atoms with Gasteiger partial charge in [0.1, 0.15) is 5.82 Å². The van der Waals surface area contributed by atoms with Crippen LogP contribution in [-0.2, 0) is 0 Å². The highest BCUT2D eigenvalue weighted by Gasteiger charge is 2.12. The predicted octanol–water partition coefficient (Wildman–Crippen LogP) is 2.67. The van der Waals surface area contributed by atoms with Gasteiger partial charge in [0, 0.05) is 17.8 Å². The molecular formula is C11H17FN2. The molecule has 0 fully saturated rings. The molecule has 0 aliphatic rings. The van der Waals surface area contributed by atoms with Crippen molar-refractivity contribution >= 4 is 0 Å². The number of pyridine rings is 1. The summed E-state index contributed by atoms with van der Waals surface area (Å²) in [5, 5.41) is 3.13. The van der Waals surface area contributed by atoms with Crippen LogP contribution in [0.25, 0.3) is 0 Å². The summed E-state index contributed by atoms with van der Waals surface area (Å²) in [4.78, 5) is 3.74. The second-order valence-electron chi connectivity index (χ2n) is 3.38. The van der Waals surface area contributed by atoms with E-state index >= 15 is 0 Å². The molecule has 1 unspecified atom stereocenters. The normalized spacial score (nSPS) is 12.8. The molecule has 1 aromatic heterocycles. The highest BCUT2D eigenvalue weighted by Crippen LogP contribution is 2.20. The topological polar surface area (TPSA) is 24.9 Å². The van der Waals surface area contributed by atoms with Crippen molar-refractivity contribution in [3.63, 3.8) is 0 Å². The highest BCUT2D eigenvalue weighted by atomic mass is 19.1. The Bertz CT molecular complexity index is 276. The lowest BCUT2D eigenvalue weighted by Crippen LogP contribution is -2.17. The van der Waals surface area contributed by atoms with Crippen LogP contribution in [0.5, 0.6) is 0 Å². The van der Waals surface area contributed by atoms with Crippen molar-refractivity contribution < 1.29 is 4.39 Å². The van der Waals surface area contributed by atoms with Crippen LogP contribution in [0.2, 0.25) is 0 Å². The molecule has 0 bridgehead atoms. The summed E-state index contributed by atoms with van der Waals surface area (Å²) in [5.41, 5.74) is 0.718. The maximum atomic E-state index is 13.4. The van der Waals surface area contributed by atoms with E-state index in [0.29, 0.717) is 0 Å². The summed E-state index contributed by atoms with van der Waals surface area (Å²) in [7, 11) is 1.86. The first kappa shape index (κ1) is 11.1. The molecule has 0 saturated carbocycles. The quantitative estimate of drug-likeness (QED) is 0.783. The van der Waals surface area contributed by atoms with Gasteiger partial charge in [-0.1, -0.05) is 19.8 Å². The summed E-state index contributed by atoms with van der Waals surface area (Å²) < 4.78 is 13.4. The molecule has 0 aliphatic carbocycles. The van der Waals surface area contributed by atoms with E-state index in [-0.39, 0.29) is 11.9 Å².